The van der Waals surface area contributed by atoms with Crippen LogP contribution < -0.4 is 0 Å². The van der Waals surface area contributed by atoms with E-state index in [1.165, 1.54) is 22.6 Å². The Labute approximate surface area is 131 Å². The molecule has 0 aliphatic carbocycles. The lowest BCUT2D eigenvalue weighted by atomic mass is 9.81. The number of aryl methyl sites for hydroxylation is 1. The van der Waals surface area contributed by atoms with Gasteiger partial charge in [0.25, 0.3) is 0 Å². The third-order valence-electron chi connectivity index (χ3n) is 3.94. The molecule has 1 aromatic heterocycles. The number of fused-ring (bicyclic) bond motifs is 1. The van der Waals surface area contributed by atoms with Crippen LogP contribution in [0.4, 0.5) is 0 Å². The quantitative estimate of drug-likeness (QED) is 0.660. The van der Waals surface area contributed by atoms with Gasteiger partial charge in [0.1, 0.15) is 5.69 Å². The number of rotatable bonds is 0. The van der Waals surface area contributed by atoms with Crippen molar-refractivity contribution in [3.05, 3.63) is 58.9 Å². The molecule has 2 aromatic rings. The van der Waals surface area contributed by atoms with E-state index >= 15 is 0 Å². The molecular weight excluding hydrogens is 274 g/mol. The zero-order valence-corrected chi connectivity index (χ0v) is 13.6. The van der Waals surface area contributed by atoms with Crippen LogP contribution >= 0.6 is 11.8 Å². The highest BCUT2D eigenvalue weighted by Crippen LogP contribution is 2.41. The molecule has 0 radical (unpaired) electrons. The van der Waals surface area contributed by atoms with E-state index in [2.05, 4.69) is 48.9 Å². The molecule has 21 heavy (non-hydrogen) atoms. The SMILES string of the molecule is Cc1ccc(C#Cc2ccc3c(c2)C(C)(C)CCS3)nc1. The summed E-state index contributed by atoms with van der Waals surface area (Å²) in [6.07, 6.45) is 3.08. The zero-order chi connectivity index (χ0) is 14.9. The van der Waals surface area contributed by atoms with Crippen molar-refractivity contribution in [2.45, 2.75) is 37.5 Å². The fraction of sp³-hybridized carbons (Fsp3) is 0.316. The summed E-state index contributed by atoms with van der Waals surface area (Å²) in [5.74, 6) is 7.61. The Morgan fingerprint density at radius 2 is 2.00 bits per heavy atom. The molecule has 1 aromatic carbocycles. The van der Waals surface area contributed by atoms with Gasteiger partial charge in [-0.05, 0) is 65.8 Å². The predicted molar refractivity (Wildman–Crippen MR) is 89.8 cm³/mol. The lowest BCUT2D eigenvalue weighted by Crippen LogP contribution is -2.22. The van der Waals surface area contributed by atoms with Crippen molar-refractivity contribution < 1.29 is 0 Å². The van der Waals surface area contributed by atoms with E-state index in [1.807, 2.05) is 37.0 Å². The Balaban J connectivity index is 1.93. The van der Waals surface area contributed by atoms with Gasteiger partial charge in [0.15, 0.2) is 0 Å². The van der Waals surface area contributed by atoms with E-state index in [0.717, 1.165) is 16.8 Å². The van der Waals surface area contributed by atoms with Crippen molar-refractivity contribution in [3.8, 4) is 11.8 Å². The van der Waals surface area contributed by atoms with Gasteiger partial charge in [0.05, 0.1) is 0 Å². The lowest BCUT2D eigenvalue weighted by Gasteiger charge is -2.32. The second kappa shape index (κ2) is 5.58. The normalized spacial score (nSPS) is 15.8. The Hall–Kier alpha value is -1.72. The minimum atomic E-state index is 0.250. The molecule has 106 valence electrons. The standard InChI is InChI=1S/C19H19NS/c1-14-4-7-16(20-13-14)8-5-15-6-9-18-17(12-15)19(2,3)10-11-21-18/h4,6-7,9,12-13H,10-11H2,1-3H3. The Morgan fingerprint density at radius 1 is 1.14 bits per heavy atom. The van der Waals surface area contributed by atoms with Crippen molar-refractivity contribution in [3.63, 3.8) is 0 Å². The number of aromatic nitrogens is 1. The monoisotopic (exact) mass is 293 g/mol. The summed E-state index contributed by atoms with van der Waals surface area (Å²) in [4.78, 5) is 5.74. The predicted octanol–water partition coefficient (Wildman–Crippen LogP) is 4.56. The van der Waals surface area contributed by atoms with E-state index in [4.69, 9.17) is 0 Å². The molecule has 0 spiro atoms. The summed E-state index contributed by atoms with van der Waals surface area (Å²) in [7, 11) is 0. The molecule has 3 rings (SSSR count). The zero-order valence-electron chi connectivity index (χ0n) is 12.7. The highest BCUT2D eigenvalue weighted by atomic mass is 32.2. The summed E-state index contributed by atoms with van der Waals surface area (Å²) >= 11 is 1.96. The average Bonchev–Trinajstić information content (AvgIpc) is 2.47. The topological polar surface area (TPSA) is 12.9 Å². The summed E-state index contributed by atoms with van der Waals surface area (Å²) in [6.45, 7) is 6.68. The van der Waals surface area contributed by atoms with Crippen LogP contribution in [0.2, 0.25) is 0 Å². The maximum atomic E-state index is 4.33. The number of nitrogens with zero attached hydrogens (tertiary/aromatic N) is 1. The fourth-order valence-corrected chi connectivity index (χ4v) is 3.98. The summed E-state index contributed by atoms with van der Waals surface area (Å²) in [5, 5.41) is 0. The molecule has 1 aliphatic rings. The van der Waals surface area contributed by atoms with Crippen LogP contribution in [0.1, 0.15) is 42.7 Å². The first-order valence-electron chi connectivity index (χ1n) is 7.27. The third-order valence-corrected chi connectivity index (χ3v) is 5.01. The van der Waals surface area contributed by atoms with E-state index in [-0.39, 0.29) is 5.41 Å². The van der Waals surface area contributed by atoms with Crippen LogP contribution in [0.5, 0.6) is 0 Å². The maximum absolute atomic E-state index is 4.33. The van der Waals surface area contributed by atoms with Crippen molar-refractivity contribution in [1.82, 2.24) is 4.98 Å². The highest BCUT2D eigenvalue weighted by Gasteiger charge is 2.27. The molecular formula is C19H19NS. The number of hydrogen-bond donors (Lipinski definition) is 0. The van der Waals surface area contributed by atoms with Gasteiger partial charge < -0.3 is 0 Å². The van der Waals surface area contributed by atoms with Gasteiger partial charge in [0, 0.05) is 16.7 Å². The van der Waals surface area contributed by atoms with Gasteiger partial charge in [-0.2, -0.15) is 0 Å². The van der Waals surface area contributed by atoms with E-state index in [9.17, 15) is 0 Å². The summed E-state index contributed by atoms with van der Waals surface area (Å²) in [5.41, 5.74) is 4.74. The lowest BCUT2D eigenvalue weighted by molar-refractivity contribution is 0.494. The molecule has 0 atom stereocenters. The van der Waals surface area contributed by atoms with Gasteiger partial charge in [-0.3, -0.25) is 0 Å². The van der Waals surface area contributed by atoms with Crippen molar-refractivity contribution in [2.24, 2.45) is 0 Å². The van der Waals surface area contributed by atoms with Gasteiger partial charge >= 0.3 is 0 Å². The molecule has 0 saturated carbocycles. The minimum Gasteiger partial charge on any atom is -0.248 e. The van der Waals surface area contributed by atoms with Crippen LogP contribution in [0.25, 0.3) is 0 Å². The van der Waals surface area contributed by atoms with E-state index in [1.54, 1.807) is 0 Å². The molecule has 1 nitrogen and oxygen atoms in total. The van der Waals surface area contributed by atoms with Crippen molar-refractivity contribution in [1.29, 1.82) is 0 Å². The Bertz CT molecular complexity index is 717. The maximum Gasteiger partial charge on any atom is 0.113 e. The number of thioether (sulfide) groups is 1. The molecule has 0 fully saturated rings. The van der Waals surface area contributed by atoms with Gasteiger partial charge in [-0.15, -0.1) is 11.8 Å². The van der Waals surface area contributed by atoms with Crippen LogP contribution in [-0.2, 0) is 5.41 Å². The molecule has 0 bridgehead atoms. The molecule has 2 heterocycles. The number of pyridine rings is 1. The second-order valence-corrected chi connectivity index (χ2v) is 7.30. The Morgan fingerprint density at radius 3 is 2.76 bits per heavy atom. The third kappa shape index (κ3) is 3.14. The first-order chi connectivity index (χ1) is 10.0. The largest absolute Gasteiger partial charge is 0.248 e. The van der Waals surface area contributed by atoms with Crippen molar-refractivity contribution >= 4 is 11.8 Å². The van der Waals surface area contributed by atoms with Crippen LogP contribution in [0.3, 0.4) is 0 Å². The summed E-state index contributed by atoms with van der Waals surface area (Å²) in [6, 6.07) is 10.6. The number of benzene rings is 1. The molecule has 0 N–H and O–H groups in total. The van der Waals surface area contributed by atoms with E-state index in [0.29, 0.717) is 0 Å². The van der Waals surface area contributed by atoms with Gasteiger partial charge in [-0.1, -0.05) is 25.8 Å². The van der Waals surface area contributed by atoms with Crippen LogP contribution in [0.15, 0.2) is 41.4 Å². The van der Waals surface area contributed by atoms with E-state index < -0.39 is 0 Å². The van der Waals surface area contributed by atoms with Crippen LogP contribution in [0, 0.1) is 18.8 Å². The fourth-order valence-electron chi connectivity index (χ4n) is 2.49. The smallest absolute Gasteiger partial charge is 0.113 e. The van der Waals surface area contributed by atoms with Gasteiger partial charge in [0.2, 0.25) is 0 Å². The molecule has 2 heteroatoms. The molecule has 0 unspecified atom stereocenters. The molecule has 0 saturated heterocycles. The molecule has 0 amide bonds. The number of hydrogen-bond acceptors (Lipinski definition) is 2. The minimum absolute atomic E-state index is 0.250. The summed E-state index contributed by atoms with van der Waals surface area (Å²) < 4.78 is 0. The molecule has 1 aliphatic heterocycles. The first kappa shape index (κ1) is 14.2. The first-order valence-corrected chi connectivity index (χ1v) is 8.25. The highest BCUT2D eigenvalue weighted by molar-refractivity contribution is 7.99. The average molecular weight is 293 g/mol. The second-order valence-electron chi connectivity index (χ2n) is 6.16. The van der Waals surface area contributed by atoms with Crippen molar-refractivity contribution in [2.75, 3.05) is 5.75 Å². The Kier molecular flexibility index (Phi) is 3.78. The van der Waals surface area contributed by atoms with Gasteiger partial charge in [-0.25, -0.2) is 4.98 Å². The van der Waals surface area contributed by atoms with Crippen LogP contribution in [-0.4, -0.2) is 10.7 Å².